The third-order valence-corrected chi connectivity index (χ3v) is 4.24. The largest absolute Gasteiger partial charge is 0.384 e. The molecule has 1 aliphatic carbocycles. The number of ether oxygens (including phenoxy) is 1. The molecule has 0 radical (unpaired) electrons. The Morgan fingerprint density at radius 1 is 1.44 bits per heavy atom. The Labute approximate surface area is 101 Å². The van der Waals surface area contributed by atoms with E-state index in [1.54, 1.807) is 18.4 Å². The lowest BCUT2D eigenvalue weighted by molar-refractivity contribution is 0.202. The number of aromatic nitrogens is 1. The summed E-state index contributed by atoms with van der Waals surface area (Å²) < 4.78 is 5.06. The van der Waals surface area contributed by atoms with E-state index >= 15 is 0 Å². The highest BCUT2D eigenvalue weighted by Gasteiger charge is 2.31. The zero-order valence-corrected chi connectivity index (χ0v) is 10.7. The van der Waals surface area contributed by atoms with Gasteiger partial charge in [0.1, 0.15) is 0 Å². The van der Waals surface area contributed by atoms with Gasteiger partial charge in [0.15, 0.2) is 0 Å². The second-order valence-corrected chi connectivity index (χ2v) is 5.53. The maximum absolute atomic E-state index is 6.44. The van der Waals surface area contributed by atoms with Gasteiger partial charge in [0.2, 0.25) is 0 Å². The van der Waals surface area contributed by atoms with Crippen LogP contribution in [0, 0.1) is 0 Å². The average Bonchev–Trinajstić information content (AvgIpc) is 2.77. The van der Waals surface area contributed by atoms with Gasteiger partial charge in [-0.3, -0.25) is 0 Å². The number of hydrogen-bond donors (Lipinski definition) is 1. The van der Waals surface area contributed by atoms with Gasteiger partial charge in [-0.25, -0.2) is 4.98 Å². The fourth-order valence-corrected chi connectivity index (χ4v) is 3.17. The number of hydrogen-bond acceptors (Lipinski definition) is 4. The first-order valence-corrected chi connectivity index (χ1v) is 6.85. The highest BCUT2D eigenvalue weighted by atomic mass is 32.1. The maximum Gasteiger partial charge on any atom is 0.0952 e. The molecule has 0 atom stereocenters. The summed E-state index contributed by atoms with van der Waals surface area (Å²) in [4.78, 5) is 4.66. The number of thiazole rings is 1. The molecule has 3 nitrogen and oxygen atoms in total. The van der Waals surface area contributed by atoms with Crippen LogP contribution in [0.1, 0.15) is 42.8 Å². The fourth-order valence-electron chi connectivity index (χ4n) is 2.28. The lowest BCUT2D eigenvalue weighted by Crippen LogP contribution is -2.38. The van der Waals surface area contributed by atoms with Crippen LogP contribution in [0.2, 0.25) is 0 Å². The minimum atomic E-state index is -0.153. The summed E-state index contributed by atoms with van der Waals surface area (Å²) in [5, 5.41) is 3.28. The van der Waals surface area contributed by atoms with Crippen LogP contribution in [-0.4, -0.2) is 18.7 Å². The molecule has 90 valence electrons. The summed E-state index contributed by atoms with van der Waals surface area (Å²) in [5.74, 6) is 0. The van der Waals surface area contributed by atoms with E-state index in [1.165, 1.54) is 19.3 Å². The summed E-state index contributed by atoms with van der Waals surface area (Å²) in [6.07, 6.45) is 6.86. The predicted molar refractivity (Wildman–Crippen MR) is 66.6 cm³/mol. The Bertz CT molecular complexity index is 332. The fraction of sp³-hybridized carbons (Fsp3) is 0.750. The molecule has 1 aromatic heterocycles. The average molecular weight is 240 g/mol. The van der Waals surface area contributed by atoms with E-state index in [0.29, 0.717) is 0 Å². The van der Waals surface area contributed by atoms with Crippen molar-refractivity contribution in [1.82, 2.24) is 4.98 Å². The molecule has 0 saturated heterocycles. The van der Waals surface area contributed by atoms with E-state index in [2.05, 4.69) is 10.4 Å². The first-order chi connectivity index (χ1) is 7.74. The van der Waals surface area contributed by atoms with Crippen LogP contribution in [0.5, 0.6) is 0 Å². The number of nitrogens with zero attached hydrogens (tertiary/aromatic N) is 1. The summed E-state index contributed by atoms with van der Waals surface area (Å²) in [7, 11) is 1.72. The van der Waals surface area contributed by atoms with Crippen LogP contribution in [0.15, 0.2) is 5.38 Å². The van der Waals surface area contributed by atoms with Crippen LogP contribution >= 0.6 is 11.3 Å². The summed E-state index contributed by atoms with van der Waals surface area (Å²) in [6.45, 7) is 0.741. The van der Waals surface area contributed by atoms with Crippen molar-refractivity contribution in [1.29, 1.82) is 0 Å². The lowest BCUT2D eigenvalue weighted by Gasteiger charge is -2.31. The van der Waals surface area contributed by atoms with Crippen molar-refractivity contribution in [2.75, 3.05) is 13.7 Å². The summed E-state index contributed by atoms with van der Waals surface area (Å²) in [6, 6.07) is 0. The summed E-state index contributed by atoms with van der Waals surface area (Å²) in [5.41, 5.74) is 7.38. The molecule has 1 aliphatic rings. The molecule has 0 spiro atoms. The molecule has 1 heterocycles. The Morgan fingerprint density at radius 2 is 2.19 bits per heavy atom. The van der Waals surface area contributed by atoms with Crippen molar-refractivity contribution in [2.45, 2.75) is 44.1 Å². The first-order valence-electron chi connectivity index (χ1n) is 5.97. The molecule has 0 aliphatic heterocycles. The molecule has 2 N–H and O–H groups in total. The molecule has 1 saturated carbocycles. The zero-order valence-electron chi connectivity index (χ0n) is 9.87. The molecule has 0 bridgehead atoms. The van der Waals surface area contributed by atoms with Crippen LogP contribution in [0.25, 0.3) is 0 Å². The van der Waals surface area contributed by atoms with Crippen molar-refractivity contribution in [3.63, 3.8) is 0 Å². The standard InChI is InChI=1S/C12H20N2OS/c1-15-8-5-11-14-10(9-16-11)12(13)6-3-2-4-7-12/h9H,2-8,13H2,1H3. The number of nitrogens with two attached hydrogens (primary N) is 1. The predicted octanol–water partition coefficient (Wildman–Crippen LogP) is 2.45. The monoisotopic (exact) mass is 240 g/mol. The maximum atomic E-state index is 6.44. The van der Waals surface area contributed by atoms with Crippen LogP contribution in [-0.2, 0) is 16.7 Å². The summed E-state index contributed by atoms with van der Waals surface area (Å²) >= 11 is 1.71. The Balaban J connectivity index is 2.05. The molecule has 16 heavy (non-hydrogen) atoms. The van der Waals surface area contributed by atoms with E-state index in [1.807, 2.05) is 0 Å². The van der Waals surface area contributed by atoms with Gasteiger partial charge in [-0.05, 0) is 12.8 Å². The van der Waals surface area contributed by atoms with Gasteiger partial charge in [0.05, 0.1) is 22.8 Å². The van der Waals surface area contributed by atoms with Gasteiger partial charge < -0.3 is 10.5 Å². The Kier molecular flexibility index (Phi) is 3.95. The minimum absolute atomic E-state index is 0.153. The van der Waals surface area contributed by atoms with Gasteiger partial charge in [0, 0.05) is 18.9 Å². The zero-order chi connectivity index (χ0) is 11.4. The molecular formula is C12H20N2OS. The molecule has 4 heteroatoms. The van der Waals surface area contributed by atoms with Gasteiger partial charge in [-0.1, -0.05) is 19.3 Å². The number of methoxy groups -OCH3 is 1. The van der Waals surface area contributed by atoms with Crippen molar-refractivity contribution in [3.05, 3.63) is 16.1 Å². The van der Waals surface area contributed by atoms with Gasteiger partial charge >= 0.3 is 0 Å². The molecule has 0 unspecified atom stereocenters. The SMILES string of the molecule is COCCc1nc(C2(N)CCCCC2)cs1. The lowest BCUT2D eigenvalue weighted by atomic mass is 9.81. The molecule has 0 aromatic carbocycles. The third kappa shape index (κ3) is 2.62. The van der Waals surface area contributed by atoms with E-state index < -0.39 is 0 Å². The van der Waals surface area contributed by atoms with Gasteiger partial charge in [0.25, 0.3) is 0 Å². The van der Waals surface area contributed by atoms with E-state index in [9.17, 15) is 0 Å². The molecule has 1 aromatic rings. The molecule has 1 fully saturated rings. The Morgan fingerprint density at radius 3 is 2.88 bits per heavy atom. The van der Waals surface area contributed by atoms with E-state index in [-0.39, 0.29) is 5.54 Å². The molecule has 0 amide bonds. The second kappa shape index (κ2) is 5.25. The van der Waals surface area contributed by atoms with Crippen LogP contribution < -0.4 is 5.73 Å². The van der Waals surface area contributed by atoms with Crippen molar-refractivity contribution >= 4 is 11.3 Å². The highest BCUT2D eigenvalue weighted by Crippen LogP contribution is 2.35. The van der Waals surface area contributed by atoms with Crippen molar-refractivity contribution < 1.29 is 4.74 Å². The number of rotatable bonds is 4. The van der Waals surface area contributed by atoms with Crippen molar-refractivity contribution in [3.8, 4) is 0 Å². The van der Waals surface area contributed by atoms with E-state index in [0.717, 1.165) is 36.6 Å². The van der Waals surface area contributed by atoms with Crippen molar-refractivity contribution in [2.24, 2.45) is 5.73 Å². The smallest absolute Gasteiger partial charge is 0.0952 e. The second-order valence-electron chi connectivity index (χ2n) is 4.59. The first kappa shape index (κ1) is 12.0. The topological polar surface area (TPSA) is 48.1 Å². The highest BCUT2D eigenvalue weighted by molar-refractivity contribution is 7.09. The van der Waals surface area contributed by atoms with Gasteiger partial charge in [-0.15, -0.1) is 11.3 Å². The quantitative estimate of drug-likeness (QED) is 0.879. The van der Waals surface area contributed by atoms with Gasteiger partial charge in [-0.2, -0.15) is 0 Å². The Hall–Kier alpha value is -0.450. The molecular weight excluding hydrogens is 220 g/mol. The minimum Gasteiger partial charge on any atom is -0.384 e. The van der Waals surface area contributed by atoms with E-state index in [4.69, 9.17) is 10.5 Å². The normalized spacial score (nSPS) is 19.9. The third-order valence-electron chi connectivity index (χ3n) is 3.33. The van der Waals surface area contributed by atoms with Crippen LogP contribution in [0.4, 0.5) is 0 Å². The van der Waals surface area contributed by atoms with Crippen LogP contribution in [0.3, 0.4) is 0 Å². The molecule has 2 rings (SSSR count).